The molecule has 4 nitrogen and oxygen atoms in total. The maximum Gasteiger partial charge on any atom is 0.143 e. The monoisotopic (exact) mass is 691 g/mol. The fourth-order valence-electron chi connectivity index (χ4n) is 9.16. The van der Waals surface area contributed by atoms with Crippen molar-refractivity contribution in [3.05, 3.63) is 169 Å². The van der Waals surface area contributed by atoms with Crippen LogP contribution in [0.4, 0.5) is 0 Å². The van der Waals surface area contributed by atoms with Gasteiger partial charge in [-0.05, 0) is 87.3 Å². The second kappa shape index (κ2) is 11.3. The minimum Gasteiger partial charge on any atom is -0.455 e. The van der Waals surface area contributed by atoms with Crippen LogP contribution in [-0.2, 0) is 5.41 Å². The lowest BCUT2D eigenvalue weighted by atomic mass is 9.73. The van der Waals surface area contributed by atoms with Gasteiger partial charge < -0.3 is 4.42 Å². The zero-order valence-electron chi connectivity index (χ0n) is 29.7. The summed E-state index contributed by atoms with van der Waals surface area (Å²) in [6, 6.07) is 49.7. The molecule has 0 saturated heterocycles. The molecule has 0 saturated carbocycles. The summed E-state index contributed by atoms with van der Waals surface area (Å²) >= 11 is 0. The van der Waals surface area contributed by atoms with Gasteiger partial charge in [-0.3, -0.25) is 9.98 Å². The quantitative estimate of drug-likeness (QED) is 0.103. The first-order valence-corrected chi connectivity index (χ1v) is 18.3. The molecule has 0 bridgehead atoms. The number of aromatic nitrogens is 2. The lowest BCUT2D eigenvalue weighted by Gasteiger charge is -2.31. The van der Waals surface area contributed by atoms with Crippen molar-refractivity contribution in [2.45, 2.75) is 12.3 Å². The molecule has 54 heavy (non-hydrogen) atoms. The average molecular weight is 692 g/mol. The van der Waals surface area contributed by atoms with Crippen molar-refractivity contribution >= 4 is 72.0 Å². The minimum atomic E-state index is -0.501. The van der Waals surface area contributed by atoms with E-state index in [4.69, 9.17) is 14.4 Å². The molecule has 1 aliphatic carbocycles. The Kier molecular flexibility index (Phi) is 6.42. The summed E-state index contributed by atoms with van der Waals surface area (Å²) in [5.41, 5.74) is 12.8. The molecule has 0 spiro atoms. The lowest BCUT2D eigenvalue weighted by Crippen LogP contribution is -2.30. The van der Waals surface area contributed by atoms with Crippen molar-refractivity contribution in [1.82, 2.24) is 9.97 Å². The van der Waals surface area contributed by atoms with Crippen molar-refractivity contribution in [3.8, 4) is 33.5 Å². The van der Waals surface area contributed by atoms with Crippen LogP contribution in [0.3, 0.4) is 0 Å². The van der Waals surface area contributed by atoms with Crippen LogP contribution in [-0.4, -0.2) is 23.2 Å². The number of furan rings is 1. The molecule has 0 fully saturated rings. The molecule has 2 heterocycles. The second-order valence-corrected chi connectivity index (χ2v) is 14.6. The van der Waals surface area contributed by atoms with Crippen molar-refractivity contribution in [2.24, 2.45) is 4.99 Å². The van der Waals surface area contributed by atoms with Crippen LogP contribution in [0.2, 0.25) is 0 Å². The highest BCUT2D eigenvalue weighted by molar-refractivity contribution is 6.23. The van der Waals surface area contributed by atoms with Gasteiger partial charge in [0.2, 0.25) is 0 Å². The third-order valence-electron chi connectivity index (χ3n) is 11.7. The third-order valence-corrected chi connectivity index (χ3v) is 11.7. The van der Waals surface area contributed by atoms with Gasteiger partial charge in [-0.1, -0.05) is 127 Å². The first kappa shape index (κ1) is 30.7. The average Bonchev–Trinajstić information content (AvgIpc) is 3.72. The Morgan fingerprint density at radius 3 is 1.93 bits per heavy atom. The lowest BCUT2D eigenvalue weighted by molar-refractivity contribution is 0.636. The smallest absolute Gasteiger partial charge is 0.143 e. The number of rotatable bonds is 5. The maximum absolute atomic E-state index is 6.67. The Labute approximate surface area is 311 Å². The van der Waals surface area contributed by atoms with Crippen LogP contribution in [0.25, 0.3) is 98.8 Å². The molecule has 11 rings (SSSR count). The predicted molar refractivity (Wildman–Crippen MR) is 226 cm³/mol. The summed E-state index contributed by atoms with van der Waals surface area (Å²) in [6.07, 6.45) is 1.92. The Balaban J connectivity index is 1.12. The van der Waals surface area contributed by atoms with E-state index in [1.807, 2.05) is 6.20 Å². The SMILES string of the molecule is C=NCC1(C(=C)C)c2ccc(-c3cnc4c5ccccc5c5ccccc5c4n3)cc2-c2cc(-c3cccc4c3oc3cc5ccccc5cc34)ccc21. The van der Waals surface area contributed by atoms with Crippen LogP contribution < -0.4 is 0 Å². The third kappa shape index (κ3) is 4.16. The van der Waals surface area contributed by atoms with Gasteiger partial charge in [0.1, 0.15) is 11.2 Å². The minimum absolute atomic E-state index is 0.501. The molecule has 0 amide bonds. The zero-order chi connectivity index (χ0) is 36.1. The van der Waals surface area contributed by atoms with Gasteiger partial charge in [-0.2, -0.15) is 0 Å². The molecule has 0 radical (unpaired) electrons. The Bertz CT molecular complexity index is 3230. The first-order valence-electron chi connectivity index (χ1n) is 18.3. The van der Waals surface area contributed by atoms with Crippen LogP contribution in [0.15, 0.2) is 167 Å². The highest BCUT2D eigenvalue weighted by Gasteiger charge is 2.44. The van der Waals surface area contributed by atoms with Crippen LogP contribution in [0, 0.1) is 0 Å². The zero-order valence-corrected chi connectivity index (χ0v) is 29.7. The van der Waals surface area contributed by atoms with Gasteiger partial charge in [-0.15, -0.1) is 0 Å². The summed E-state index contributed by atoms with van der Waals surface area (Å²) < 4.78 is 6.67. The fourth-order valence-corrected chi connectivity index (χ4v) is 9.16. The maximum atomic E-state index is 6.67. The number of hydrogen-bond acceptors (Lipinski definition) is 4. The standard InChI is InChI=1S/C50H33N3O/c1-29(2)50(28-51-3)43-21-19-32(34-17-10-18-39-42-23-30-11-4-5-12-31(30)26-46(42)54-49(34)39)24-40(43)41-25-33(20-22-44(41)50)45-27-52-47-37-15-8-6-13-35(37)36-14-7-9-16-38(36)48(47)53-45/h4-27H,1,3,28H2,2H3. The summed E-state index contributed by atoms with van der Waals surface area (Å²) in [6.45, 7) is 11.1. The van der Waals surface area contributed by atoms with Crippen LogP contribution >= 0.6 is 0 Å². The van der Waals surface area contributed by atoms with Crippen LogP contribution in [0.5, 0.6) is 0 Å². The molecular formula is C50H33N3O. The van der Waals surface area contributed by atoms with E-state index in [0.717, 1.165) is 82.8 Å². The number of benzene rings is 8. The highest BCUT2D eigenvalue weighted by atomic mass is 16.3. The van der Waals surface area contributed by atoms with E-state index in [2.05, 4.69) is 165 Å². The number of nitrogens with zero attached hydrogens (tertiary/aromatic N) is 3. The van der Waals surface area contributed by atoms with E-state index in [-0.39, 0.29) is 0 Å². The van der Waals surface area contributed by atoms with E-state index in [1.54, 1.807) is 0 Å². The Morgan fingerprint density at radius 2 is 1.22 bits per heavy atom. The van der Waals surface area contributed by atoms with E-state index in [0.29, 0.717) is 6.54 Å². The summed E-state index contributed by atoms with van der Waals surface area (Å²) in [7, 11) is 0. The molecule has 1 aliphatic rings. The van der Waals surface area contributed by atoms with Gasteiger partial charge >= 0.3 is 0 Å². The van der Waals surface area contributed by atoms with Crippen molar-refractivity contribution in [1.29, 1.82) is 0 Å². The fraction of sp³-hybridized carbons (Fsp3) is 0.0600. The van der Waals surface area contributed by atoms with E-state index in [1.165, 1.54) is 32.7 Å². The van der Waals surface area contributed by atoms with Crippen molar-refractivity contribution in [3.63, 3.8) is 0 Å². The molecule has 1 atom stereocenters. The molecule has 2 aromatic heterocycles. The normalized spacial score (nSPS) is 15.1. The van der Waals surface area contributed by atoms with Gasteiger partial charge in [0, 0.05) is 32.7 Å². The molecule has 10 aromatic rings. The van der Waals surface area contributed by atoms with E-state index in [9.17, 15) is 0 Å². The summed E-state index contributed by atoms with van der Waals surface area (Å²) in [4.78, 5) is 14.9. The van der Waals surface area contributed by atoms with Gasteiger partial charge in [-0.25, -0.2) is 4.98 Å². The van der Waals surface area contributed by atoms with Crippen LogP contribution in [0.1, 0.15) is 18.1 Å². The predicted octanol–water partition coefficient (Wildman–Crippen LogP) is 12.9. The summed E-state index contributed by atoms with van der Waals surface area (Å²) in [5, 5.41) is 9.17. The number of aliphatic imine (C=N–C) groups is 1. The summed E-state index contributed by atoms with van der Waals surface area (Å²) in [5.74, 6) is 0. The molecule has 4 heteroatoms. The number of fused-ring (bicyclic) bond motifs is 13. The van der Waals surface area contributed by atoms with E-state index < -0.39 is 5.41 Å². The number of para-hydroxylation sites is 1. The Morgan fingerprint density at radius 1 is 0.611 bits per heavy atom. The van der Waals surface area contributed by atoms with Gasteiger partial charge in [0.05, 0.1) is 34.9 Å². The van der Waals surface area contributed by atoms with Crippen molar-refractivity contribution in [2.75, 3.05) is 6.54 Å². The second-order valence-electron chi connectivity index (χ2n) is 14.6. The van der Waals surface area contributed by atoms with Gasteiger partial charge in [0.15, 0.2) is 0 Å². The Hall–Kier alpha value is -6.91. The van der Waals surface area contributed by atoms with Crippen molar-refractivity contribution < 1.29 is 4.42 Å². The topological polar surface area (TPSA) is 51.3 Å². The molecule has 0 N–H and O–H groups in total. The molecule has 254 valence electrons. The molecule has 0 aliphatic heterocycles. The molecule has 1 unspecified atom stereocenters. The largest absolute Gasteiger partial charge is 0.455 e. The number of hydrogen-bond donors (Lipinski definition) is 0. The highest BCUT2D eigenvalue weighted by Crippen LogP contribution is 2.54. The van der Waals surface area contributed by atoms with Gasteiger partial charge in [0.25, 0.3) is 0 Å². The molecular weight excluding hydrogens is 659 g/mol. The molecule has 8 aromatic carbocycles. The first-order chi connectivity index (χ1) is 26.5. The van der Waals surface area contributed by atoms with E-state index >= 15 is 0 Å².